The summed E-state index contributed by atoms with van der Waals surface area (Å²) in [6, 6.07) is 0.611. The van der Waals surface area contributed by atoms with Crippen LogP contribution in [0.2, 0.25) is 0 Å². The van der Waals surface area contributed by atoms with Crippen LogP contribution in [0.4, 0.5) is 0 Å². The Hall–Kier alpha value is -0.840. The van der Waals surface area contributed by atoms with Crippen LogP contribution in [0.15, 0.2) is 0 Å². The fourth-order valence-corrected chi connectivity index (χ4v) is 1.75. The summed E-state index contributed by atoms with van der Waals surface area (Å²) in [5.41, 5.74) is 0. The minimum Gasteiger partial charge on any atom is -0.361 e. The van der Waals surface area contributed by atoms with Crippen molar-refractivity contribution in [1.29, 1.82) is 0 Å². The van der Waals surface area contributed by atoms with E-state index in [2.05, 4.69) is 16.0 Å². The molecule has 0 radical (unpaired) electrons. The van der Waals surface area contributed by atoms with E-state index in [1.54, 1.807) is 0 Å². The van der Waals surface area contributed by atoms with Crippen LogP contribution >= 0.6 is 12.2 Å². The number of carbonyl (C=O) groups excluding carboxylic acids is 1. The number of amides is 1. The Labute approximate surface area is 89.8 Å². The molecule has 0 spiro atoms. The van der Waals surface area contributed by atoms with Gasteiger partial charge in [-0.05, 0) is 32.5 Å². The maximum atomic E-state index is 10.9. The van der Waals surface area contributed by atoms with Crippen molar-refractivity contribution < 1.29 is 4.79 Å². The molecule has 0 aromatic carbocycles. The largest absolute Gasteiger partial charge is 0.361 e. The fraction of sp³-hybridized carbons (Fsp3) is 0.778. The second-order valence-corrected chi connectivity index (χ2v) is 4.22. The molecule has 1 amide bonds. The Morgan fingerprint density at radius 1 is 1.64 bits per heavy atom. The topological polar surface area (TPSA) is 53.2 Å². The summed E-state index contributed by atoms with van der Waals surface area (Å²) >= 11 is 5.11. The predicted octanol–water partition coefficient (Wildman–Crippen LogP) is 0.138. The first kappa shape index (κ1) is 11.2. The number of rotatable bonds is 2. The van der Waals surface area contributed by atoms with Gasteiger partial charge in [0.1, 0.15) is 0 Å². The van der Waals surface area contributed by atoms with Crippen LogP contribution in [0.3, 0.4) is 0 Å². The van der Waals surface area contributed by atoms with E-state index in [1.165, 1.54) is 0 Å². The van der Waals surface area contributed by atoms with Crippen molar-refractivity contribution in [1.82, 2.24) is 16.0 Å². The highest BCUT2D eigenvalue weighted by Crippen LogP contribution is 2.02. The zero-order valence-corrected chi connectivity index (χ0v) is 9.41. The van der Waals surface area contributed by atoms with E-state index in [1.807, 2.05) is 13.8 Å². The summed E-state index contributed by atoms with van der Waals surface area (Å²) in [4.78, 5) is 10.9. The Morgan fingerprint density at radius 2 is 2.36 bits per heavy atom. The summed E-state index contributed by atoms with van der Waals surface area (Å²) in [6.45, 7) is 4.74. The molecule has 3 N–H and O–H groups in total. The minimum absolute atomic E-state index is 0.130. The summed E-state index contributed by atoms with van der Waals surface area (Å²) in [5.74, 6) is 0.130. The lowest BCUT2D eigenvalue weighted by Crippen LogP contribution is -2.51. The van der Waals surface area contributed by atoms with Gasteiger partial charge in [0.05, 0.1) is 0 Å². The lowest BCUT2D eigenvalue weighted by molar-refractivity contribution is -0.122. The maximum Gasteiger partial charge on any atom is 0.220 e. The first-order chi connectivity index (χ1) is 6.58. The van der Waals surface area contributed by atoms with Gasteiger partial charge in [0.15, 0.2) is 5.11 Å². The van der Waals surface area contributed by atoms with Gasteiger partial charge < -0.3 is 16.0 Å². The average Bonchev–Trinajstić information content (AvgIpc) is 2.07. The lowest BCUT2D eigenvalue weighted by atomic mass is 10.1. The van der Waals surface area contributed by atoms with Crippen LogP contribution in [-0.2, 0) is 4.79 Å². The van der Waals surface area contributed by atoms with Gasteiger partial charge in [0.25, 0.3) is 0 Å². The van der Waals surface area contributed by atoms with Gasteiger partial charge in [0.2, 0.25) is 5.91 Å². The van der Waals surface area contributed by atoms with Crippen LogP contribution in [-0.4, -0.2) is 29.6 Å². The molecule has 0 saturated carbocycles. The third-order valence-electron chi connectivity index (χ3n) is 2.02. The molecule has 1 rings (SSSR count). The van der Waals surface area contributed by atoms with Gasteiger partial charge in [-0.3, -0.25) is 4.79 Å². The number of nitrogens with one attached hydrogen (secondary N) is 3. The monoisotopic (exact) mass is 215 g/mol. The molecule has 0 aromatic heterocycles. The molecule has 0 aliphatic carbocycles. The van der Waals surface area contributed by atoms with Crippen molar-refractivity contribution in [2.45, 2.75) is 38.8 Å². The van der Waals surface area contributed by atoms with E-state index in [4.69, 9.17) is 12.2 Å². The van der Waals surface area contributed by atoms with Crippen LogP contribution in [0.1, 0.15) is 26.7 Å². The molecule has 0 aromatic rings. The third-order valence-corrected chi connectivity index (χ3v) is 2.26. The first-order valence-corrected chi connectivity index (χ1v) is 5.32. The number of thiocarbonyl (C=S) groups is 1. The van der Waals surface area contributed by atoms with Gasteiger partial charge in [-0.1, -0.05) is 0 Å². The van der Waals surface area contributed by atoms with Crippen molar-refractivity contribution in [2.75, 3.05) is 6.54 Å². The Morgan fingerprint density at radius 3 is 2.86 bits per heavy atom. The van der Waals surface area contributed by atoms with Crippen molar-refractivity contribution in [3.05, 3.63) is 0 Å². The summed E-state index contributed by atoms with van der Waals surface area (Å²) in [6.07, 6.45) is 1.44. The quantitative estimate of drug-likeness (QED) is 0.574. The van der Waals surface area contributed by atoms with E-state index in [0.29, 0.717) is 24.1 Å². The molecule has 1 atom stereocenters. The molecule has 0 bridgehead atoms. The normalized spacial score (nSPS) is 21.6. The first-order valence-electron chi connectivity index (χ1n) is 4.91. The van der Waals surface area contributed by atoms with Crippen LogP contribution in [0.25, 0.3) is 0 Å². The summed E-state index contributed by atoms with van der Waals surface area (Å²) in [5, 5.41) is 9.75. The highest BCUT2D eigenvalue weighted by atomic mass is 32.1. The molecule has 1 fully saturated rings. The smallest absolute Gasteiger partial charge is 0.220 e. The zero-order valence-electron chi connectivity index (χ0n) is 8.59. The van der Waals surface area contributed by atoms with E-state index in [9.17, 15) is 4.79 Å². The summed E-state index contributed by atoms with van der Waals surface area (Å²) < 4.78 is 0. The minimum atomic E-state index is 0.130. The second kappa shape index (κ2) is 5.14. The van der Waals surface area contributed by atoms with Crippen LogP contribution in [0, 0.1) is 0 Å². The molecule has 1 aliphatic rings. The van der Waals surface area contributed by atoms with Crippen molar-refractivity contribution in [3.63, 3.8) is 0 Å². The fourth-order valence-electron chi connectivity index (χ4n) is 1.35. The molecule has 5 heteroatoms. The zero-order chi connectivity index (χ0) is 10.6. The molecular formula is C9H17N3OS. The average molecular weight is 215 g/mol. The van der Waals surface area contributed by atoms with Crippen molar-refractivity contribution in [3.8, 4) is 0 Å². The Bertz CT molecular complexity index is 220. The molecule has 1 unspecified atom stereocenters. The summed E-state index contributed by atoms with van der Waals surface area (Å²) in [7, 11) is 0. The van der Waals surface area contributed by atoms with Crippen LogP contribution in [0.5, 0.6) is 0 Å². The number of hydrogen-bond acceptors (Lipinski definition) is 2. The Kier molecular flexibility index (Phi) is 4.13. The van der Waals surface area contributed by atoms with Gasteiger partial charge in [-0.25, -0.2) is 0 Å². The lowest BCUT2D eigenvalue weighted by Gasteiger charge is -2.25. The molecule has 1 heterocycles. The number of piperidine rings is 1. The maximum absolute atomic E-state index is 10.9. The number of hydrogen-bond donors (Lipinski definition) is 3. The van der Waals surface area contributed by atoms with Gasteiger partial charge >= 0.3 is 0 Å². The van der Waals surface area contributed by atoms with E-state index in [0.717, 1.165) is 6.42 Å². The Balaban J connectivity index is 2.24. The van der Waals surface area contributed by atoms with E-state index < -0.39 is 0 Å². The van der Waals surface area contributed by atoms with Gasteiger partial charge in [0, 0.05) is 25.0 Å². The molecule has 1 aliphatic heterocycles. The van der Waals surface area contributed by atoms with E-state index in [-0.39, 0.29) is 11.9 Å². The van der Waals surface area contributed by atoms with E-state index >= 15 is 0 Å². The highest BCUT2D eigenvalue weighted by molar-refractivity contribution is 7.80. The standard InChI is InChI=1S/C9H17N3OS/c1-6(2)11-9(14)12-7-3-4-8(13)10-5-7/h6-7H,3-5H2,1-2H3,(H,10,13)(H2,11,12,14). The molecular weight excluding hydrogens is 198 g/mol. The molecule has 14 heavy (non-hydrogen) atoms. The predicted molar refractivity (Wildman–Crippen MR) is 60.0 cm³/mol. The van der Waals surface area contributed by atoms with Gasteiger partial charge in [-0.15, -0.1) is 0 Å². The van der Waals surface area contributed by atoms with Gasteiger partial charge in [-0.2, -0.15) is 0 Å². The van der Waals surface area contributed by atoms with Crippen molar-refractivity contribution >= 4 is 23.2 Å². The van der Waals surface area contributed by atoms with Crippen LogP contribution < -0.4 is 16.0 Å². The van der Waals surface area contributed by atoms with Crippen molar-refractivity contribution in [2.24, 2.45) is 0 Å². The molecule has 80 valence electrons. The number of carbonyl (C=O) groups is 1. The molecule has 4 nitrogen and oxygen atoms in total. The second-order valence-electron chi connectivity index (χ2n) is 3.81. The highest BCUT2D eigenvalue weighted by Gasteiger charge is 2.18. The SMILES string of the molecule is CC(C)NC(=S)NC1CCC(=O)NC1. The third kappa shape index (κ3) is 3.91. The molecule has 1 saturated heterocycles.